The van der Waals surface area contributed by atoms with E-state index in [1.165, 1.54) is 6.92 Å². The van der Waals surface area contributed by atoms with Gasteiger partial charge in [-0.25, -0.2) is 9.97 Å². The summed E-state index contributed by atoms with van der Waals surface area (Å²) in [4.78, 5) is 32.5. The molecule has 0 saturated heterocycles. The highest BCUT2D eigenvalue weighted by Gasteiger charge is 2.11. The molecule has 0 aliphatic rings. The molecule has 3 rings (SSSR count). The second-order valence-electron chi connectivity index (χ2n) is 7.44. The molecular formula is C24H28N6O3. The standard InChI is InChI=1S/C24H28N6O3/c1-16-8-9-19(20(32)14-16)24(33)28-13-12-27-22-15-21(26-11-10-25-17(2)31)29-23(30-22)18-6-4-3-5-7-18/h3-9,14-15,32H,10-13H2,1-2H3,(H,25,31)(H,28,33)(H2,26,27,29,30). The number of nitrogens with one attached hydrogen (secondary N) is 4. The summed E-state index contributed by atoms with van der Waals surface area (Å²) in [5.41, 5.74) is 1.99. The lowest BCUT2D eigenvalue weighted by molar-refractivity contribution is -0.118. The number of carbonyl (C=O) groups excluding carboxylic acids is 2. The first-order chi connectivity index (χ1) is 15.9. The lowest BCUT2D eigenvalue weighted by Crippen LogP contribution is -2.29. The molecule has 0 unspecified atom stereocenters. The smallest absolute Gasteiger partial charge is 0.255 e. The fourth-order valence-electron chi connectivity index (χ4n) is 3.07. The zero-order chi connectivity index (χ0) is 23.6. The van der Waals surface area contributed by atoms with E-state index in [-0.39, 0.29) is 23.1 Å². The first kappa shape index (κ1) is 23.5. The van der Waals surface area contributed by atoms with Gasteiger partial charge in [0.1, 0.15) is 17.4 Å². The average Bonchev–Trinajstić information content (AvgIpc) is 2.80. The largest absolute Gasteiger partial charge is 0.507 e. The van der Waals surface area contributed by atoms with Gasteiger partial charge in [0.15, 0.2) is 5.82 Å². The number of hydrogen-bond donors (Lipinski definition) is 5. The maximum atomic E-state index is 12.3. The van der Waals surface area contributed by atoms with E-state index in [9.17, 15) is 14.7 Å². The number of rotatable bonds is 10. The van der Waals surface area contributed by atoms with E-state index in [0.29, 0.717) is 43.6 Å². The fourth-order valence-corrected chi connectivity index (χ4v) is 3.07. The Hall–Kier alpha value is -4.14. The molecule has 9 heteroatoms. The molecule has 5 N–H and O–H groups in total. The van der Waals surface area contributed by atoms with Crippen molar-refractivity contribution in [1.82, 2.24) is 20.6 Å². The van der Waals surface area contributed by atoms with Gasteiger partial charge in [0.2, 0.25) is 5.91 Å². The molecule has 2 amide bonds. The summed E-state index contributed by atoms with van der Waals surface area (Å²) < 4.78 is 0. The quantitative estimate of drug-likeness (QED) is 0.302. The van der Waals surface area contributed by atoms with E-state index < -0.39 is 0 Å². The van der Waals surface area contributed by atoms with Crippen molar-refractivity contribution in [3.8, 4) is 17.1 Å². The van der Waals surface area contributed by atoms with Crippen molar-refractivity contribution >= 4 is 23.5 Å². The summed E-state index contributed by atoms with van der Waals surface area (Å²) in [6.45, 7) is 5.07. The zero-order valence-corrected chi connectivity index (χ0v) is 18.7. The Morgan fingerprint density at radius 1 is 0.848 bits per heavy atom. The van der Waals surface area contributed by atoms with Crippen LogP contribution in [0.5, 0.6) is 5.75 Å². The van der Waals surface area contributed by atoms with Crippen LogP contribution in [0.1, 0.15) is 22.8 Å². The Morgan fingerprint density at radius 3 is 2.09 bits per heavy atom. The predicted molar refractivity (Wildman–Crippen MR) is 128 cm³/mol. The lowest BCUT2D eigenvalue weighted by atomic mass is 10.1. The zero-order valence-electron chi connectivity index (χ0n) is 18.7. The molecule has 0 saturated carbocycles. The second-order valence-corrected chi connectivity index (χ2v) is 7.44. The van der Waals surface area contributed by atoms with Crippen LogP contribution in [0.25, 0.3) is 11.4 Å². The topological polar surface area (TPSA) is 128 Å². The van der Waals surface area contributed by atoms with Crippen molar-refractivity contribution in [2.45, 2.75) is 13.8 Å². The van der Waals surface area contributed by atoms with Crippen LogP contribution in [0.15, 0.2) is 54.6 Å². The minimum Gasteiger partial charge on any atom is -0.507 e. The predicted octanol–water partition coefficient (Wildman–Crippen LogP) is 2.55. The molecule has 9 nitrogen and oxygen atoms in total. The van der Waals surface area contributed by atoms with E-state index >= 15 is 0 Å². The van der Waals surface area contributed by atoms with Crippen LogP contribution in [-0.4, -0.2) is 53.1 Å². The minimum atomic E-state index is -0.345. The number of hydrogen-bond acceptors (Lipinski definition) is 7. The first-order valence-electron chi connectivity index (χ1n) is 10.7. The van der Waals surface area contributed by atoms with Crippen LogP contribution in [0.4, 0.5) is 11.6 Å². The number of phenols is 1. The molecular weight excluding hydrogens is 420 g/mol. The van der Waals surface area contributed by atoms with E-state index in [1.54, 1.807) is 24.3 Å². The van der Waals surface area contributed by atoms with Crippen LogP contribution >= 0.6 is 0 Å². The molecule has 0 aliphatic heterocycles. The Labute approximate surface area is 192 Å². The molecule has 33 heavy (non-hydrogen) atoms. The second kappa shape index (κ2) is 11.5. The Bertz CT molecular complexity index is 1100. The summed E-state index contributed by atoms with van der Waals surface area (Å²) in [5.74, 6) is 1.29. The summed E-state index contributed by atoms with van der Waals surface area (Å²) in [6.07, 6.45) is 0. The monoisotopic (exact) mass is 448 g/mol. The number of phenolic OH excluding ortho intramolecular Hbond substituents is 1. The number of aromatic nitrogens is 2. The van der Waals surface area contributed by atoms with Crippen molar-refractivity contribution in [3.63, 3.8) is 0 Å². The van der Waals surface area contributed by atoms with Crippen LogP contribution in [0.2, 0.25) is 0 Å². The molecule has 172 valence electrons. The van der Waals surface area contributed by atoms with Gasteiger partial charge in [0.25, 0.3) is 5.91 Å². The van der Waals surface area contributed by atoms with Crippen LogP contribution in [0.3, 0.4) is 0 Å². The molecule has 0 fully saturated rings. The molecule has 0 aliphatic carbocycles. The summed E-state index contributed by atoms with van der Waals surface area (Å²) in [5, 5.41) is 21.9. The number of anilines is 2. The fraction of sp³-hybridized carbons (Fsp3) is 0.250. The molecule has 0 spiro atoms. The highest BCUT2D eigenvalue weighted by molar-refractivity contribution is 5.96. The van der Waals surface area contributed by atoms with Gasteiger partial charge in [-0.15, -0.1) is 0 Å². The van der Waals surface area contributed by atoms with E-state index in [2.05, 4.69) is 31.2 Å². The molecule has 1 heterocycles. The van der Waals surface area contributed by atoms with Gasteiger partial charge >= 0.3 is 0 Å². The minimum absolute atomic E-state index is 0.0428. The SMILES string of the molecule is CC(=O)NCCNc1cc(NCCNC(=O)c2ccc(C)cc2O)nc(-c2ccccc2)n1. The Morgan fingerprint density at radius 2 is 1.48 bits per heavy atom. The van der Waals surface area contributed by atoms with Crippen molar-refractivity contribution in [2.75, 3.05) is 36.8 Å². The van der Waals surface area contributed by atoms with E-state index in [4.69, 9.17) is 0 Å². The summed E-state index contributed by atoms with van der Waals surface area (Å²) in [7, 11) is 0. The van der Waals surface area contributed by atoms with Gasteiger partial charge in [0, 0.05) is 44.7 Å². The van der Waals surface area contributed by atoms with Crippen LogP contribution in [0, 0.1) is 6.92 Å². The van der Waals surface area contributed by atoms with Gasteiger partial charge in [-0.3, -0.25) is 9.59 Å². The molecule has 0 radical (unpaired) electrons. The normalized spacial score (nSPS) is 10.4. The van der Waals surface area contributed by atoms with E-state index in [0.717, 1.165) is 11.1 Å². The average molecular weight is 449 g/mol. The number of aryl methyl sites for hydroxylation is 1. The van der Waals surface area contributed by atoms with Gasteiger partial charge in [-0.1, -0.05) is 36.4 Å². The van der Waals surface area contributed by atoms with Crippen LogP contribution in [-0.2, 0) is 4.79 Å². The summed E-state index contributed by atoms with van der Waals surface area (Å²) >= 11 is 0. The number of amides is 2. The molecule has 0 atom stereocenters. The number of carbonyl (C=O) groups is 2. The van der Waals surface area contributed by atoms with Gasteiger partial charge in [-0.2, -0.15) is 0 Å². The third-order valence-corrected chi connectivity index (χ3v) is 4.68. The van der Waals surface area contributed by atoms with E-state index in [1.807, 2.05) is 37.3 Å². The van der Waals surface area contributed by atoms with Crippen molar-refractivity contribution in [1.29, 1.82) is 0 Å². The molecule has 0 bridgehead atoms. The van der Waals surface area contributed by atoms with Crippen molar-refractivity contribution in [3.05, 3.63) is 65.7 Å². The maximum Gasteiger partial charge on any atom is 0.255 e. The summed E-state index contributed by atoms with van der Waals surface area (Å²) in [6, 6.07) is 16.3. The molecule has 3 aromatic rings. The number of aromatic hydroxyl groups is 1. The van der Waals surface area contributed by atoms with Gasteiger partial charge < -0.3 is 26.4 Å². The van der Waals surface area contributed by atoms with Crippen molar-refractivity contribution in [2.24, 2.45) is 0 Å². The lowest BCUT2D eigenvalue weighted by Gasteiger charge is -2.12. The third kappa shape index (κ3) is 7.20. The molecule has 2 aromatic carbocycles. The Kier molecular flexibility index (Phi) is 8.18. The first-order valence-corrected chi connectivity index (χ1v) is 10.7. The van der Waals surface area contributed by atoms with Crippen molar-refractivity contribution < 1.29 is 14.7 Å². The highest BCUT2D eigenvalue weighted by Crippen LogP contribution is 2.20. The number of benzene rings is 2. The highest BCUT2D eigenvalue weighted by atomic mass is 16.3. The van der Waals surface area contributed by atoms with Gasteiger partial charge in [0.05, 0.1) is 5.56 Å². The third-order valence-electron chi connectivity index (χ3n) is 4.68. The van der Waals surface area contributed by atoms with Gasteiger partial charge in [-0.05, 0) is 24.6 Å². The van der Waals surface area contributed by atoms with Crippen LogP contribution < -0.4 is 21.3 Å². The maximum absolute atomic E-state index is 12.3. The molecule has 1 aromatic heterocycles. The number of nitrogens with zero attached hydrogens (tertiary/aromatic N) is 2. The Balaban J connectivity index is 1.62.